The molecule has 3 saturated carbocycles. The van der Waals surface area contributed by atoms with Crippen molar-refractivity contribution in [1.29, 1.82) is 0 Å². The Hall–Kier alpha value is -0.300. The molecule has 1 aromatic carbocycles. The smallest absolute Gasteiger partial charge is 0.0285 e. The lowest BCUT2D eigenvalue weighted by Gasteiger charge is -2.36. The van der Waals surface area contributed by atoms with Gasteiger partial charge in [0.25, 0.3) is 0 Å². The third kappa shape index (κ3) is 4.08. The van der Waals surface area contributed by atoms with E-state index < -0.39 is 0 Å². The second kappa shape index (κ2) is 9.26. The van der Waals surface area contributed by atoms with Crippen LogP contribution in [0.3, 0.4) is 0 Å². The average Bonchev–Trinajstić information content (AvgIpc) is 2.74. The highest BCUT2D eigenvalue weighted by Gasteiger charge is 2.30. The number of hydrogen-bond acceptors (Lipinski definition) is 0. The van der Waals surface area contributed by atoms with Crippen molar-refractivity contribution in [3.63, 3.8) is 0 Å². The first kappa shape index (κ1) is 19.0. The molecule has 0 aromatic heterocycles. The number of hydrogen-bond donors (Lipinski definition) is 0. The Balaban J connectivity index is 1.79. The minimum atomic E-state index is 0.844. The Morgan fingerprint density at radius 3 is 1.54 bits per heavy atom. The predicted molar refractivity (Wildman–Crippen MR) is 117 cm³/mol. The van der Waals surface area contributed by atoms with Crippen molar-refractivity contribution >= 4 is 15.9 Å². The van der Waals surface area contributed by atoms with Gasteiger partial charge in [-0.05, 0) is 78.5 Å². The van der Waals surface area contributed by atoms with Gasteiger partial charge in [-0.1, -0.05) is 85.9 Å². The lowest BCUT2D eigenvalue weighted by atomic mass is 9.70. The Morgan fingerprint density at radius 1 is 0.577 bits per heavy atom. The molecule has 0 N–H and O–H groups in total. The van der Waals surface area contributed by atoms with Gasteiger partial charge in [-0.2, -0.15) is 0 Å². The van der Waals surface area contributed by atoms with Gasteiger partial charge < -0.3 is 0 Å². The molecule has 0 unspecified atom stereocenters. The van der Waals surface area contributed by atoms with E-state index in [-0.39, 0.29) is 0 Å². The first-order valence-corrected chi connectivity index (χ1v) is 12.7. The highest BCUT2D eigenvalue weighted by Crippen LogP contribution is 2.47. The maximum Gasteiger partial charge on any atom is 0.0285 e. The molecule has 0 spiro atoms. The van der Waals surface area contributed by atoms with Crippen LogP contribution in [-0.2, 0) is 5.33 Å². The molecule has 0 radical (unpaired) electrons. The second-order valence-corrected chi connectivity index (χ2v) is 9.84. The summed E-state index contributed by atoms with van der Waals surface area (Å²) in [4.78, 5) is 0. The second-order valence-electron chi connectivity index (χ2n) is 9.28. The van der Waals surface area contributed by atoms with Crippen LogP contribution < -0.4 is 0 Å². The summed E-state index contributed by atoms with van der Waals surface area (Å²) in [5, 5.41) is 1.05. The van der Waals surface area contributed by atoms with E-state index in [0.717, 1.165) is 23.1 Å². The molecule has 1 heteroatoms. The Bertz CT molecular complexity index is 572. The first-order chi connectivity index (χ1) is 12.9. The van der Waals surface area contributed by atoms with Crippen molar-refractivity contribution in [3.8, 4) is 0 Å². The van der Waals surface area contributed by atoms with Crippen LogP contribution in [0.2, 0.25) is 0 Å². The number of alkyl halides is 1. The fraction of sp³-hybridized carbons (Fsp3) is 0.760. The van der Waals surface area contributed by atoms with Crippen molar-refractivity contribution in [2.45, 2.75) is 119 Å². The average molecular weight is 417 g/mol. The van der Waals surface area contributed by atoms with Crippen LogP contribution in [-0.4, -0.2) is 0 Å². The van der Waals surface area contributed by atoms with E-state index in [4.69, 9.17) is 0 Å². The number of benzene rings is 1. The molecule has 26 heavy (non-hydrogen) atoms. The van der Waals surface area contributed by atoms with E-state index in [2.05, 4.69) is 28.1 Å². The molecule has 1 aromatic rings. The third-order valence-electron chi connectivity index (χ3n) is 7.63. The SMILES string of the molecule is BrCc1ccc(C2CCCCC2)c(C2CCCCC2)c1C1CCCCC1. The van der Waals surface area contributed by atoms with Crippen LogP contribution in [0.4, 0.5) is 0 Å². The minimum absolute atomic E-state index is 0.844. The van der Waals surface area contributed by atoms with E-state index in [9.17, 15) is 0 Å². The molecule has 0 bridgehead atoms. The van der Waals surface area contributed by atoms with Crippen LogP contribution in [0, 0.1) is 0 Å². The van der Waals surface area contributed by atoms with Gasteiger partial charge in [0.2, 0.25) is 0 Å². The molecule has 0 saturated heterocycles. The van der Waals surface area contributed by atoms with Crippen molar-refractivity contribution < 1.29 is 0 Å². The van der Waals surface area contributed by atoms with Crippen molar-refractivity contribution in [3.05, 3.63) is 34.4 Å². The Kier molecular flexibility index (Phi) is 6.78. The molecular formula is C25H37Br. The third-order valence-corrected chi connectivity index (χ3v) is 8.23. The van der Waals surface area contributed by atoms with Crippen LogP contribution in [0.5, 0.6) is 0 Å². The molecule has 0 heterocycles. The zero-order valence-corrected chi connectivity index (χ0v) is 18.2. The lowest BCUT2D eigenvalue weighted by molar-refractivity contribution is 0.403. The van der Waals surface area contributed by atoms with Crippen molar-refractivity contribution in [2.75, 3.05) is 0 Å². The van der Waals surface area contributed by atoms with E-state index >= 15 is 0 Å². The molecule has 0 aliphatic heterocycles. The molecule has 0 nitrogen and oxygen atoms in total. The zero-order valence-electron chi connectivity index (χ0n) is 16.6. The Morgan fingerprint density at radius 2 is 1.04 bits per heavy atom. The van der Waals surface area contributed by atoms with Crippen molar-refractivity contribution in [2.24, 2.45) is 0 Å². The molecule has 3 fully saturated rings. The highest BCUT2D eigenvalue weighted by atomic mass is 79.9. The summed E-state index contributed by atoms with van der Waals surface area (Å²) in [5.41, 5.74) is 7.12. The quantitative estimate of drug-likeness (QED) is 0.430. The summed E-state index contributed by atoms with van der Waals surface area (Å²) < 4.78 is 0. The van der Waals surface area contributed by atoms with Crippen LogP contribution in [0.25, 0.3) is 0 Å². The summed E-state index contributed by atoms with van der Waals surface area (Å²) in [6.07, 6.45) is 21.8. The molecule has 0 atom stereocenters. The maximum atomic E-state index is 3.85. The molecule has 4 rings (SSSR count). The first-order valence-electron chi connectivity index (χ1n) is 11.6. The standard InChI is InChI=1S/C25H37Br/c26-18-22-16-17-23(19-10-4-1-5-11-19)25(21-14-8-3-9-15-21)24(22)20-12-6-2-7-13-20/h16-17,19-21H,1-15,18H2. The fourth-order valence-electron chi connectivity index (χ4n) is 6.30. The number of rotatable bonds is 4. The normalized spacial score (nSPS) is 24.0. The molecule has 3 aliphatic rings. The molecule has 0 amide bonds. The Labute approximate surface area is 169 Å². The van der Waals surface area contributed by atoms with Crippen LogP contribution >= 0.6 is 15.9 Å². The van der Waals surface area contributed by atoms with Gasteiger partial charge in [-0.15, -0.1) is 0 Å². The van der Waals surface area contributed by atoms with Crippen LogP contribution in [0.1, 0.15) is 136 Å². The fourth-order valence-corrected chi connectivity index (χ4v) is 6.79. The predicted octanol–water partition coefficient (Wildman–Crippen LogP) is 8.72. The van der Waals surface area contributed by atoms with Gasteiger partial charge in [0, 0.05) is 5.33 Å². The summed E-state index contributed by atoms with van der Waals surface area (Å²) in [6, 6.07) is 5.08. The van der Waals surface area contributed by atoms with E-state index in [1.54, 1.807) is 11.1 Å². The van der Waals surface area contributed by atoms with Gasteiger partial charge in [0.05, 0.1) is 0 Å². The van der Waals surface area contributed by atoms with Crippen LogP contribution in [0.15, 0.2) is 12.1 Å². The van der Waals surface area contributed by atoms with Gasteiger partial charge >= 0.3 is 0 Å². The monoisotopic (exact) mass is 416 g/mol. The van der Waals surface area contributed by atoms with Gasteiger partial charge in [0.1, 0.15) is 0 Å². The minimum Gasteiger partial charge on any atom is -0.0876 e. The molecule has 3 aliphatic carbocycles. The highest BCUT2D eigenvalue weighted by molar-refractivity contribution is 9.08. The largest absolute Gasteiger partial charge is 0.0876 e. The molecular weight excluding hydrogens is 380 g/mol. The summed E-state index contributed by atoms with van der Waals surface area (Å²) in [7, 11) is 0. The summed E-state index contributed by atoms with van der Waals surface area (Å²) in [6.45, 7) is 0. The maximum absolute atomic E-state index is 3.85. The summed E-state index contributed by atoms with van der Waals surface area (Å²) >= 11 is 3.85. The van der Waals surface area contributed by atoms with E-state index in [1.807, 2.05) is 11.1 Å². The van der Waals surface area contributed by atoms with Crippen molar-refractivity contribution in [1.82, 2.24) is 0 Å². The molecule has 144 valence electrons. The van der Waals surface area contributed by atoms with Gasteiger partial charge in [-0.25, -0.2) is 0 Å². The van der Waals surface area contributed by atoms with Gasteiger partial charge in [0.15, 0.2) is 0 Å². The van der Waals surface area contributed by atoms with Gasteiger partial charge in [-0.3, -0.25) is 0 Å². The topological polar surface area (TPSA) is 0 Å². The zero-order chi connectivity index (χ0) is 17.8. The number of halogens is 1. The van der Waals surface area contributed by atoms with E-state index in [0.29, 0.717) is 0 Å². The van der Waals surface area contributed by atoms with E-state index in [1.165, 1.54) is 96.3 Å². The lowest BCUT2D eigenvalue weighted by Crippen LogP contribution is -2.19. The summed E-state index contributed by atoms with van der Waals surface area (Å²) in [5.74, 6) is 2.56.